The Hall–Kier alpha value is -4.27. The number of alkyl carbamates (subject to hydrolysis) is 1. The number of carbonyl (C=O) groups is 4. The van der Waals surface area contributed by atoms with Crippen LogP contribution in [0.1, 0.15) is 46.6 Å². The first kappa shape index (κ1) is 38.9. The summed E-state index contributed by atoms with van der Waals surface area (Å²) < 4.78 is 39.6. The fourth-order valence-corrected chi connectivity index (χ4v) is 5.88. The highest BCUT2D eigenvalue weighted by atomic mass is 31.2. The Balaban J connectivity index is 2.43. The zero-order valence-corrected chi connectivity index (χ0v) is 28.4. The number of amides is 3. The van der Waals surface area contributed by atoms with E-state index in [0.29, 0.717) is 5.56 Å². The molecule has 2 N–H and O–H groups in total. The summed E-state index contributed by atoms with van der Waals surface area (Å²) in [7, 11) is -2.54. The van der Waals surface area contributed by atoms with Gasteiger partial charge in [-0.3, -0.25) is 14.3 Å². The standard InChI is InChI=1S/C30H44N5O11P/c1-7-44-47(41,45-8-2)19-15-23(26(37)42-6)34(18-17-32-28(39)46-30(3,4)5)25(36)20-35(24-14-16-31-27(38)33-24)29(40)43-21-22-12-10-9-11-13-22/h9-14,16,23H,7-8,15,17-21H2,1-6H3,(H,32,39)(H,31,33,38)/t23-/m1/s1. The average Bonchev–Trinajstić information content (AvgIpc) is 3.01. The maximum absolute atomic E-state index is 14.0. The number of nitrogens with one attached hydrogen (secondary N) is 2. The molecule has 0 bridgehead atoms. The zero-order valence-electron chi connectivity index (χ0n) is 27.6. The number of ether oxygens (including phenoxy) is 3. The summed E-state index contributed by atoms with van der Waals surface area (Å²) >= 11 is 0. The molecule has 0 aliphatic carbocycles. The first-order valence-corrected chi connectivity index (χ1v) is 16.7. The molecule has 17 heteroatoms. The van der Waals surface area contributed by atoms with Crippen molar-refractivity contribution in [2.24, 2.45) is 0 Å². The van der Waals surface area contributed by atoms with Crippen LogP contribution in [0.15, 0.2) is 47.4 Å². The lowest BCUT2D eigenvalue weighted by Gasteiger charge is -2.32. The summed E-state index contributed by atoms with van der Waals surface area (Å²) in [5.41, 5.74) is -0.918. The Labute approximate surface area is 273 Å². The summed E-state index contributed by atoms with van der Waals surface area (Å²) in [6.45, 7) is 7.14. The van der Waals surface area contributed by atoms with Crippen molar-refractivity contribution in [3.63, 3.8) is 0 Å². The third-order valence-electron chi connectivity index (χ3n) is 6.17. The third-order valence-corrected chi connectivity index (χ3v) is 8.28. The number of aromatic amines is 1. The molecule has 0 fully saturated rings. The highest BCUT2D eigenvalue weighted by Crippen LogP contribution is 2.49. The van der Waals surface area contributed by atoms with Gasteiger partial charge in [-0.15, -0.1) is 0 Å². The van der Waals surface area contributed by atoms with Crippen LogP contribution in [0.25, 0.3) is 0 Å². The molecule has 1 aromatic heterocycles. The van der Waals surface area contributed by atoms with Crippen LogP contribution >= 0.6 is 7.60 Å². The number of anilines is 1. The molecule has 47 heavy (non-hydrogen) atoms. The molecule has 1 atom stereocenters. The van der Waals surface area contributed by atoms with Crippen molar-refractivity contribution in [2.75, 3.05) is 51.0 Å². The number of carbonyl (C=O) groups excluding carboxylic acids is 4. The van der Waals surface area contributed by atoms with E-state index < -0.39 is 55.5 Å². The fourth-order valence-electron chi connectivity index (χ4n) is 4.20. The topological polar surface area (TPSA) is 196 Å². The number of hydrogen-bond donors (Lipinski definition) is 2. The minimum atomic E-state index is -3.66. The lowest BCUT2D eigenvalue weighted by molar-refractivity contribution is -0.152. The summed E-state index contributed by atoms with van der Waals surface area (Å²) in [6, 6.07) is 8.73. The summed E-state index contributed by atoms with van der Waals surface area (Å²) in [4.78, 5) is 72.9. The molecule has 2 rings (SSSR count). The SMILES string of the molecule is CCOP(=O)(CC[C@H](C(=O)OC)N(CCNC(=O)OC(C)(C)C)C(=O)CN(C(=O)OCc1ccccc1)c1cc[nH]c(=O)n1)OCC. The second-order valence-electron chi connectivity index (χ2n) is 10.9. The summed E-state index contributed by atoms with van der Waals surface area (Å²) in [5.74, 6) is -1.87. The van der Waals surface area contributed by atoms with Crippen molar-refractivity contribution in [3.8, 4) is 0 Å². The van der Waals surface area contributed by atoms with Gasteiger partial charge in [0.25, 0.3) is 0 Å². The molecule has 2 aromatic rings. The van der Waals surface area contributed by atoms with Crippen LogP contribution < -0.4 is 15.9 Å². The van der Waals surface area contributed by atoms with Crippen molar-refractivity contribution >= 4 is 37.5 Å². The largest absolute Gasteiger partial charge is 0.467 e. The van der Waals surface area contributed by atoms with Gasteiger partial charge in [0.1, 0.15) is 30.6 Å². The van der Waals surface area contributed by atoms with E-state index in [9.17, 15) is 28.5 Å². The highest BCUT2D eigenvalue weighted by Gasteiger charge is 2.36. The Morgan fingerprint density at radius 2 is 1.70 bits per heavy atom. The van der Waals surface area contributed by atoms with Crippen molar-refractivity contribution in [3.05, 3.63) is 58.6 Å². The quantitative estimate of drug-likeness (QED) is 0.140. The lowest BCUT2D eigenvalue weighted by atomic mass is 10.1. The van der Waals surface area contributed by atoms with Gasteiger partial charge in [0, 0.05) is 19.3 Å². The van der Waals surface area contributed by atoms with Crippen LogP contribution in [0.4, 0.5) is 15.4 Å². The summed E-state index contributed by atoms with van der Waals surface area (Å²) in [5, 5.41) is 2.53. The minimum Gasteiger partial charge on any atom is -0.467 e. The van der Waals surface area contributed by atoms with Gasteiger partial charge in [-0.05, 0) is 52.7 Å². The van der Waals surface area contributed by atoms with Gasteiger partial charge in [0.15, 0.2) is 0 Å². The number of esters is 1. The minimum absolute atomic E-state index is 0.0753. The van der Waals surface area contributed by atoms with Crippen LogP contribution in [0.5, 0.6) is 0 Å². The van der Waals surface area contributed by atoms with Crippen molar-refractivity contribution < 1.29 is 47.0 Å². The van der Waals surface area contributed by atoms with Crippen LogP contribution in [0, 0.1) is 0 Å². The predicted octanol–water partition coefficient (Wildman–Crippen LogP) is 3.46. The number of nitrogens with zero attached hydrogens (tertiary/aromatic N) is 3. The van der Waals surface area contributed by atoms with Crippen molar-refractivity contribution in [1.29, 1.82) is 0 Å². The number of benzene rings is 1. The number of methoxy groups -OCH3 is 1. The third kappa shape index (κ3) is 13.5. The summed E-state index contributed by atoms with van der Waals surface area (Å²) in [6.07, 6.45) is -1.000. The maximum Gasteiger partial charge on any atom is 0.416 e. The van der Waals surface area contributed by atoms with Gasteiger partial charge in [-0.1, -0.05) is 30.3 Å². The molecule has 0 aliphatic heterocycles. The van der Waals surface area contributed by atoms with Crippen LogP contribution in [0.3, 0.4) is 0 Å². The Morgan fingerprint density at radius 1 is 1.04 bits per heavy atom. The van der Waals surface area contributed by atoms with E-state index in [0.717, 1.165) is 16.9 Å². The molecule has 16 nitrogen and oxygen atoms in total. The van der Waals surface area contributed by atoms with Crippen LogP contribution in [-0.4, -0.2) is 96.7 Å². The molecule has 0 saturated heterocycles. The van der Waals surface area contributed by atoms with Gasteiger partial charge in [0.2, 0.25) is 5.91 Å². The average molecular weight is 682 g/mol. The zero-order chi connectivity index (χ0) is 35.0. The van der Waals surface area contributed by atoms with E-state index in [1.165, 1.54) is 12.3 Å². The normalized spacial score (nSPS) is 12.0. The predicted molar refractivity (Wildman–Crippen MR) is 171 cm³/mol. The molecule has 0 unspecified atom stereocenters. The Kier molecular flexibility index (Phi) is 15.5. The molecule has 0 aliphatic rings. The van der Waals surface area contributed by atoms with Crippen LogP contribution in [0.2, 0.25) is 0 Å². The van der Waals surface area contributed by atoms with E-state index in [4.69, 9.17) is 23.3 Å². The van der Waals surface area contributed by atoms with E-state index >= 15 is 0 Å². The second-order valence-corrected chi connectivity index (χ2v) is 13.1. The number of H-pyrrole nitrogens is 1. The molecule has 260 valence electrons. The van der Waals surface area contributed by atoms with Crippen LogP contribution in [-0.2, 0) is 44.0 Å². The van der Waals surface area contributed by atoms with E-state index in [1.807, 2.05) is 0 Å². The van der Waals surface area contributed by atoms with Crippen molar-refractivity contribution in [2.45, 2.75) is 59.3 Å². The van der Waals surface area contributed by atoms with E-state index in [1.54, 1.807) is 65.0 Å². The molecule has 0 spiro atoms. The van der Waals surface area contributed by atoms with Crippen molar-refractivity contribution in [1.82, 2.24) is 20.2 Å². The highest BCUT2D eigenvalue weighted by molar-refractivity contribution is 7.53. The molecule has 0 saturated carbocycles. The van der Waals surface area contributed by atoms with Gasteiger partial charge >= 0.3 is 31.4 Å². The second kappa shape index (κ2) is 18.8. The van der Waals surface area contributed by atoms with E-state index in [2.05, 4.69) is 15.3 Å². The molecule has 1 heterocycles. The smallest absolute Gasteiger partial charge is 0.416 e. The molecular weight excluding hydrogens is 637 g/mol. The molecular formula is C30H44N5O11P. The Bertz CT molecular complexity index is 1420. The van der Waals surface area contributed by atoms with E-state index in [-0.39, 0.29) is 51.3 Å². The molecule has 0 radical (unpaired) electrons. The molecule has 1 aromatic carbocycles. The first-order valence-electron chi connectivity index (χ1n) is 15.0. The van der Waals surface area contributed by atoms with Gasteiger partial charge in [0.05, 0.1) is 26.5 Å². The van der Waals surface area contributed by atoms with Gasteiger partial charge < -0.3 is 38.5 Å². The first-order chi connectivity index (χ1) is 22.2. The fraction of sp³-hybridized carbons (Fsp3) is 0.533. The number of rotatable bonds is 17. The Morgan fingerprint density at radius 3 is 2.28 bits per heavy atom. The van der Waals surface area contributed by atoms with Gasteiger partial charge in [-0.25, -0.2) is 19.2 Å². The number of hydrogen-bond acceptors (Lipinski definition) is 12. The maximum atomic E-state index is 14.0. The molecule has 3 amide bonds. The monoisotopic (exact) mass is 681 g/mol. The lowest BCUT2D eigenvalue weighted by Crippen LogP contribution is -2.53. The number of aromatic nitrogens is 2. The van der Waals surface area contributed by atoms with Gasteiger partial charge in [-0.2, -0.15) is 4.98 Å².